The number of halogens is 4. The minimum atomic E-state index is -4.49. The predicted octanol–water partition coefficient (Wildman–Crippen LogP) is 4.79. The van der Waals surface area contributed by atoms with Crippen molar-refractivity contribution >= 4 is 17.2 Å². The molecule has 0 aliphatic carbocycles. The molecule has 2 N–H and O–H groups in total. The van der Waals surface area contributed by atoms with Gasteiger partial charge in [0.05, 0.1) is 22.0 Å². The molecule has 2 aromatic heterocycles. The monoisotopic (exact) mass is 367 g/mol. The number of nitrogens with two attached hydrogens (primary N) is 1. The molecule has 0 fully saturated rings. The largest absolute Gasteiger partial charge is 0.417 e. The summed E-state index contributed by atoms with van der Waals surface area (Å²) in [6.45, 7) is 4.22. The highest BCUT2D eigenvalue weighted by Crippen LogP contribution is 2.36. The predicted molar refractivity (Wildman–Crippen MR) is 92.9 cm³/mol. The molecule has 0 aliphatic heterocycles. The average molecular weight is 368 g/mol. The first kappa shape index (κ1) is 17.8. The number of hydrogen-bond donors (Lipinski definition) is 1. The highest BCUT2D eigenvalue weighted by molar-refractivity contribution is 6.33. The van der Waals surface area contributed by atoms with E-state index in [-0.39, 0.29) is 5.02 Å². The summed E-state index contributed by atoms with van der Waals surface area (Å²) in [6, 6.07) is 6.70. The van der Waals surface area contributed by atoms with E-state index in [0.717, 1.165) is 29.0 Å². The molecule has 7 heteroatoms. The fraction of sp³-hybridized carbons (Fsp3) is 0.278. The number of aromatic nitrogens is 2. The lowest BCUT2D eigenvalue weighted by Crippen LogP contribution is -2.07. The van der Waals surface area contributed by atoms with E-state index in [1.165, 1.54) is 4.40 Å². The molecule has 1 aromatic carbocycles. The number of nitrogens with zero attached hydrogens (tertiary/aromatic N) is 2. The molecule has 3 aromatic rings. The maximum Gasteiger partial charge on any atom is 0.417 e. The second-order valence-electron chi connectivity index (χ2n) is 6.03. The van der Waals surface area contributed by atoms with Crippen molar-refractivity contribution in [2.75, 3.05) is 6.54 Å². The van der Waals surface area contributed by atoms with Crippen molar-refractivity contribution in [3.8, 4) is 11.3 Å². The number of pyridine rings is 1. The van der Waals surface area contributed by atoms with Crippen LogP contribution in [0, 0.1) is 13.8 Å². The van der Waals surface area contributed by atoms with Crippen LogP contribution in [0.2, 0.25) is 5.02 Å². The van der Waals surface area contributed by atoms with Gasteiger partial charge in [-0.05, 0) is 32.0 Å². The first-order valence-corrected chi connectivity index (χ1v) is 8.15. The number of imidazole rings is 1. The van der Waals surface area contributed by atoms with Gasteiger partial charge in [0, 0.05) is 18.2 Å². The van der Waals surface area contributed by atoms with Crippen molar-refractivity contribution in [2.24, 2.45) is 5.73 Å². The molecule has 0 spiro atoms. The van der Waals surface area contributed by atoms with E-state index in [2.05, 4.69) is 4.98 Å². The van der Waals surface area contributed by atoms with Gasteiger partial charge in [-0.25, -0.2) is 4.98 Å². The van der Waals surface area contributed by atoms with Gasteiger partial charge in [0.2, 0.25) is 0 Å². The Bertz CT molecular complexity index is 945. The highest BCUT2D eigenvalue weighted by atomic mass is 35.5. The standard InChI is InChI=1S/C18H17ClF3N3/c1-10-3-4-13(11(2)7-10)16-15(5-6-23)24-17-14(19)8-12(9-25(16)17)18(20,21)22/h3-4,7-9H,5-6,23H2,1-2H3. The zero-order valence-corrected chi connectivity index (χ0v) is 14.5. The third-order valence-electron chi connectivity index (χ3n) is 4.09. The molecule has 2 heterocycles. The summed E-state index contributed by atoms with van der Waals surface area (Å²) in [5, 5.41) is -0.0379. The minimum absolute atomic E-state index is 0.0379. The molecule has 0 saturated heterocycles. The van der Waals surface area contributed by atoms with Gasteiger partial charge in [-0.2, -0.15) is 13.2 Å². The second kappa shape index (κ2) is 6.35. The minimum Gasteiger partial charge on any atom is -0.330 e. The Morgan fingerprint density at radius 2 is 1.92 bits per heavy atom. The molecule has 0 saturated carbocycles. The Hall–Kier alpha value is -2.05. The van der Waals surface area contributed by atoms with Gasteiger partial charge in [0.15, 0.2) is 5.65 Å². The first-order chi connectivity index (χ1) is 11.7. The van der Waals surface area contributed by atoms with Gasteiger partial charge in [-0.3, -0.25) is 4.40 Å². The zero-order chi connectivity index (χ0) is 18.4. The lowest BCUT2D eigenvalue weighted by Gasteiger charge is -2.12. The molecule has 0 amide bonds. The van der Waals surface area contributed by atoms with Gasteiger partial charge in [0.25, 0.3) is 0 Å². The van der Waals surface area contributed by atoms with Crippen LogP contribution >= 0.6 is 11.6 Å². The summed E-state index contributed by atoms with van der Waals surface area (Å²) in [4.78, 5) is 4.45. The van der Waals surface area contributed by atoms with Crippen molar-refractivity contribution < 1.29 is 13.2 Å². The number of aryl methyl sites for hydroxylation is 2. The number of fused-ring (bicyclic) bond motifs is 1. The van der Waals surface area contributed by atoms with Crippen LogP contribution in [-0.4, -0.2) is 15.9 Å². The summed E-state index contributed by atoms with van der Waals surface area (Å²) in [6.07, 6.45) is -3.00. The number of alkyl halides is 3. The van der Waals surface area contributed by atoms with Crippen LogP contribution in [0.15, 0.2) is 30.5 Å². The van der Waals surface area contributed by atoms with E-state index in [1.807, 2.05) is 32.0 Å². The van der Waals surface area contributed by atoms with Crippen LogP contribution in [0.25, 0.3) is 16.9 Å². The van der Waals surface area contributed by atoms with Crippen LogP contribution in [0.3, 0.4) is 0 Å². The molecule has 0 aliphatic rings. The summed E-state index contributed by atoms with van der Waals surface area (Å²) < 4.78 is 41.0. The Kier molecular flexibility index (Phi) is 4.51. The van der Waals surface area contributed by atoms with Gasteiger partial charge in [-0.15, -0.1) is 0 Å². The van der Waals surface area contributed by atoms with E-state index in [0.29, 0.717) is 30.0 Å². The third kappa shape index (κ3) is 3.24. The fourth-order valence-electron chi connectivity index (χ4n) is 2.98. The molecule has 0 bridgehead atoms. The molecule has 0 unspecified atom stereocenters. The van der Waals surface area contributed by atoms with Crippen molar-refractivity contribution in [1.82, 2.24) is 9.38 Å². The Labute approximate surface area is 148 Å². The molecule has 0 atom stereocenters. The topological polar surface area (TPSA) is 43.3 Å². The second-order valence-corrected chi connectivity index (χ2v) is 6.44. The van der Waals surface area contributed by atoms with E-state index < -0.39 is 11.7 Å². The van der Waals surface area contributed by atoms with Crippen molar-refractivity contribution in [1.29, 1.82) is 0 Å². The van der Waals surface area contributed by atoms with Gasteiger partial charge >= 0.3 is 6.18 Å². The zero-order valence-electron chi connectivity index (χ0n) is 13.8. The smallest absolute Gasteiger partial charge is 0.330 e. The number of benzene rings is 1. The van der Waals surface area contributed by atoms with Crippen LogP contribution < -0.4 is 5.73 Å². The van der Waals surface area contributed by atoms with Crippen LogP contribution in [0.1, 0.15) is 22.4 Å². The summed E-state index contributed by atoms with van der Waals surface area (Å²) in [5.41, 5.74) is 9.23. The summed E-state index contributed by atoms with van der Waals surface area (Å²) in [5.74, 6) is 0. The molecular weight excluding hydrogens is 351 g/mol. The van der Waals surface area contributed by atoms with Crippen molar-refractivity contribution in [2.45, 2.75) is 26.4 Å². The fourth-order valence-corrected chi connectivity index (χ4v) is 3.23. The van der Waals surface area contributed by atoms with Gasteiger partial charge in [0.1, 0.15) is 0 Å². The SMILES string of the molecule is Cc1ccc(-c2c(CCN)nc3c(Cl)cc(C(F)(F)F)cn23)c(C)c1. The van der Waals surface area contributed by atoms with Gasteiger partial charge in [-0.1, -0.05) is 35.4 Å². The Morgan fingerprint density at radius 3 is 2.52 bits per heavy atom. The van der Waals surface area contributed by atoms with E-state index in [1.54, 1.807) is 0 Å². The molecule has 132 valence electrons. The molecule has 0 radical (unpaired) electrons. The van der Waals surface area contributed by atoms with Crippen LogP contribution in [0.4, 0.5) is 13.2 Å². The quantitative estimate of drug-likeness (QED) is 0.723. The highest BCUT2D eigenvalue weighted by Gasteiger charge is 2.32. The molecule has 3 nitrogen and oxygen atoms in total. The molecule has 3 rings (SSSR count). The number of hydrogen-bond acceptors (Lipinski definition) is 2. The Balaban J connectivity index is 2.38. The first-order valence-electron chi connectivity index (χ1n) is 7.77. The third-order valence-corrected chi connectivity index (χ3v) is 4.37. The van der Waals surface area contributed by atoms with E-state index in [9.17, 15) is 13.2 Å². The summed E-state index contributed by atoms with van der Waals surface area (Å²) in [7, 11) is 0. The number of rotatable bonds is 3. The van der Waals surface area contributed by atoms with Crippen LogP contribution in [-0.2, 0) is 12.6 Å². The maximum atomic E-state index is 13.2. The maximum absolute atomic E-state index is 13.2. The normalized spacial score (nSPS) is 12.1. The van der Waals surface area contributed by atoms with E-state index >= 15 is 0 Å². The van der Waals surface area contributed by atoms with Crippen molar-refractivity contribution in [3.05, 3.63) is 57.9 Å². The lowest BCUT2D eigenvalue weighted by molar-refractivity contribution is -0.137. The molecular formula is C18H17ClF3N3. The molecule has 25 heavy (non-hydrogen) atoms. The average Bonchev–Trinajstić information content (AvgIpc) is 2.86. The Morgan fingerprint density at radius 1 is 1.20 bits per heavy atom. The van der Waals surface area contributed by atoms with E-state index in [4.69, 9.17) is 17.3 Å². The van der Waals surface area contributed by atoms with Gasteiger partial charge < -0.3 is 5.73 Å². The lowest BCUT2D eigenvalue weighted by atomic mass is 10.0. The summed E-state index contributed by atoms with van der Waals surface area (Å²) >= 11 is 6.09. The van der Waals surface area contributed by atoms with Crippen molar-refractivity contribution in [3.63, 3.8) is 0 Å². The van der Waals surface area contributed by atoms with Crippen LogP contribution in [0.5, 0.6) is 0 Å².